The fourth-order valence-corrected chi connectivity index (χ4v) is 3.00. The Morgan fingerprint density at radius 2 is 2.04 bits per heavy atom. The van der Waals surface area contributed by atoms with Gasteiger partial charge in [0.2, 0.25) is 11.8 Å². The Labute approximate surface area is 142 Å². The minimum atomic E-state index is -0.0514. The van der Waals surface area contributed by atoms with Gasteiger partial charge in [0.25, 0.3) is 0 Å². The molecule has 1 aromatic carbocycles. The van der Waals surface area contributed by atoms with Gasteiger partial charge in [-0.05, 0) is 37.7 Å². The molecule has 23 heavy (non-hydrogen) atoms. The van der Waals surface area contributed by atoms with Gasteiger partial charge in [-0.25, -0.2) is 0 Å². The summed E-state index contributed by atoms with van der Waals surface area (Å²) < 4.78 is 0. The van der Waals surface area contributed by atoms with Crippen LogP contribution in [0, 0.1) is 0 Å². The van der Waals surface area contributed by atoms with Crippen LogP contribution in [0.5, 0.6) is 0 Å². The zero-order valence-corrected chi connectivity index (χ0v) is 14.5. The summed E-state index contributed by atoms with van der Waals surface area (Å²) in [5.41, 5.74) is 0.835. The smallest absolute Gasteiger partial charge is 0.246 e. The number of unbranched alkanes of at least 4 members (excludes halogenated alkanes) is 1. The number of likely N-dealkylation sites (N-methyl/N-ethyl adjacent to an activating group) is 1. The average Bonchev–Trinajstić information content (AvgIpc) is 2.54. The summed E-state index contributed by atoms with van der Waals surface area (Å²) in [5.74, 6) is -0.0674. The molecule has 126 valence electrons. The number of rotatable bonds is 6. The van der Waals surface area contributed by atoms with Crippen molar-refractivity contribution in [2.75, 3.05) is 31.6 Å². The highest BCUT2D eigenvalue weighted by atomic mass is 35.5. The van der Waals surface area contributed by atoms with Crippen LogP contribution >= 0.6 is 11.6 Å². The molecule has 1 aromatic rings. The van der Waals surface area contributed by atoms with Crippen molar-refractivity contribution in [3.63, 3.8) is 0 Å². The van der Waals surface area contributed by atoms with Crippen molar-refractivity contribution in [1.82, 2.24) is 10.2 Å². The molecule has 2 amide bonds. The number of anilines is 1. The van der Waals surface area contributed by atoms with Crippen LogP contribution in [0.1, 0.15) is 26.2 Å². The molecule has 1 N–H and O–H groups in total. The highest BCUT2D eigenvalue weighted by Crippen LogP contribution is 2.24. The van der Waals surface area contributed by atoms with Gasteiger partial charge >= 0.3 is 0 Å². The first kappa shape index (κ1) is 17.8. The standard InChI is InChI=1S/C17H24ClN3O2/c1-3-4-5-15-11-20(14-8-6-13(18)7-9-14)17(23)12-21(15)16(22)10-19-2/h6-9,15,19H,3-5,10-12H2,1-2H3. The first-order valence-electron chi connectivity index (χ1n) is 8.06. The van der Waals surface area contributed by atoms with Crippen LogP contribution in [0.4, 0.5) is 5.69 Å². The summed E-state index contributed by atoms with van der Waals surface area (Å²) in [6, 6.07) is 7.32. The van der Waals surface area contributed by atoms with Crippen molar-refractivity contribution < 1.29 is 9.59 Å². The fraction of sp³-hybridized carbons (Fsp3) is 0.529. The van der Waals surface area contributed by atoms with Crippen LogP contribution in [0.3, 0.4) is 0 Å². The summed E-state index contributed by atoms with van der Waals surface area (Å²) in [5, 5.41) is 3.52. The zero-order valence-electron chi connectivity index (χ0n) is 13.7. The maximum atomic E-state index is 12.5. The number of nitrogens with zero attached hydrogens (tertiary/aromatic N) is 2. The molecule has 1 heterocycles. The van der Waals surface area contributed by atoms with E-state index in [9.17, 15) is 9.59 Å². The van der Waals surface area contributed by atoms with E-state index in [4.69, 9.17) is 11.6 Å². The minimum absolute atomic E-state index is 0.0160. The third-order valence-electron chi connectivity index (χ3n) is 4.12. The second-order valence-corrected chi connectivity index (χ2v) is 6.27. The minimum Gasteiger partial charge on any atom is -0.327 e. The van der Waals surface area contributed by atoms with Gasteiger partial charge in [0, 0.05) is 17.3 Å². The average molecular weight is 338 g/mol. The highest BCUT2D eigenvalue weighted by Gasteiger charge is 2.34. The Morgan fingerprint density at radius 3 is 2.65 bits per heavy atom. The fourth-order valence-electron chi connectivity index (χ4n) is 2.87. The quantitative estimate of drug-likeness (QED) is 0.866. The number of nitrogens with one attached hydrogen (secondary N) is 1. The Bertz CT molecular complexity index is 547. The second-order valence-electron chi connectivity index (χ2n) is 5.83. The van der Waals surface area contributed by atoms with E-state index in [2.05, 4.69) is 12.2 Å². The summed E-state index contributed by atoms with van der Waals surface area (Å²) in [7, 11) is 1.74. The third kappa shape index (κ3) is 4.45. The predicted octanol–water partition coefficient (Wildman–Crippen LogP) is 2.29. The lowest BCUT2D eigenvalue weighted by molar-refractivity contribution is -0.139. The lowest BCUT2D eigenvalue weighted by Gasteiger charge is -2.41. The molecule has 0 aliphatic carbocycles. The molecule has 1 atom stereocenters. The third-order valence-corrected chi connectivity index (χ3v) is 4.37. The number of hydrogen-bond acceptors (Lipinski definition) is 3. The number of amides is 2. The number of piperazine rings is 1. The second kappa shape index (κ2) is 8.31. The van der Waals surface area contributed by atoms with Gasteiger partial charge in [0.15, 0.2) is 0 Å². The van der Waals surface area contributed by atoms with Gasteiger partial charge in [-0.1, -0.05) is 31.4 Å². The summed E-state index contributed by atoms with van der Waals surface area (Å²) >= 11 is 5.92. The predicted molar refractivity (Wildman–Crippen MR) is 92.8 cm³/mol. The Kier molecular flexibility index (Phi) is 6.42. The van der Waals surface area contributed by atoms with Crippen LogP contribution in [0.15, 0.2) is 24.3 Å². The first-order chi connectivity index (χ1) is 11.1. The molecule has 0 saturated carbocycles. The number of benzene rings is 1. The highest BCUT2D eigenvalue weighted by molar-refractivity contribution is 6.30. The maximum Gasteiger partial charge on any atom is 0.246 e. The Balaban J connectivity index is 2.17. The van der Waals surface area contributed by atoms with E-state index < -0.39 is 0 Å². The van der Waals surface area contributed by atoms with E-state index >= 15 is 0 Å². The first-order valence-corrected chi connectivity index (χ1v) is 8.44. The molecular weight excluding hydrogens is 314 g/mol. The van der Waals surface area contributed by atoms with Gasteiger partial charge in [0.05, 0.1) is 12.6 Å². The monoisotopic (exact) mass is 337 g/mol. The van der Waals surface area contributed by atoms with Crippen molar-refractivity contribution >= 4 is 29.1 Å². The molecular formula is C17H24ClN3O2. The van der Waals surface area contributed by atoms with E-state index in [0.29, 0.717) is 11.6 Å². The van der Waals surface area contributed by atoms with Crippen LogP contribution in [0.25, 0.3) is 0 Å². The SMILES string of the molecule is CCCCC1CN(c2ccc(Cl)cc2)C(=O)CN1C(=O)CNC. The molecule has 1 fully saturated rings. The van der Waals surface area contributed by atoms with E-state index in [1.54, 1.807) is 29.0 Å². The molecule has 0 bridgehead atoms. The summed E-state index contributed by atoms with van der Waals surface area (Å²) in [4.78, 5) is 28.3. The Morgan fingerprint density at radius 1 is 1.35 bits per heavy atom. The molecule has 0 radical (unpaired) electrons. The number of hydrogen-bond donors (Lipinski definition) is 1. The van der Waals surface area contributed by atoms with Crippen LogP contribution < -0.4 is 10.2 Å². The lowest BCUT2D eigenvalue weighted by Crippen LogP contribution is -2.59. The normalized spacial score (nSPS) is 18.4. The van der Waals surface area contributed by atoms with Gasteiger partial charge in [-0.2, -0.15) is 0 Å². The molecule has 1 saturated heterocycles. The molecule has 2 rings (SSSR count). The van der Waals surface area contributed by atoms with E-state index in [1.807, 2.05) is 12.1 Å². The zero-order chi connectivity index (χ0) is 16.8. The summed E-state index contributed by atoms with van der Waals surface area (Å²) in [6.45, 7) is 3.06. The summed E-state index contributed by atoms with van der Waals surface area (Å²) in [6.07, 6.45) is 3.01. The topological polar surface area (TPSA) is 52.7 Å². The van der Waals surface area contributed by atoms with E-state index in [1.165, 1.54) is 0 Å². The van der Waals surface area contributed by atoms with Crippen molar-refractivity contribution in [2.24, 2.45) is 0 Å². The van der Waals surface area contributed by atoms with Crippen molar-refractivity contribution in [1.29, 1.82) is 0 Å². The number of halogens is 1. The van der Waals surface area contributed by atoms with Crippen LogP contribution in [-0.4, -0.2) is 49.4 Å². The molecule has 6 heteroatoms. The molecule has 1 aliphatic heterocycles. The maximum absolute atomic E-state index is 12.5. The molecule has 1 aliphatic rings. The number of carbonyl (C=O) groups excluding carboxylic acids is 2. The van der Waals surface area contributed by atoms with Gasteiger partial charge in [-0.15, -0.1) is 0 Å². The largest absolute Gasteiger partial charge is 0.327 e. The molecule has 1 unspecified atom stereocenters. The van der Waals surface area contributed by atoms with Gasteiger partial charge in [0.1, 0.15) is 6.54 Å². The van der Waals surface area contributed by atoms with Crippen molar-refractivity contribution in [3.8, 4) is 0 Å². The van der Waals surface area contributed by atoms with Gasteiger partial charge < -0.3 is 15.1 Å². The number of carbonyl (C=O) groups is 2. The molecule has 5 nitrogen and oxygen atoms in total. The van der Waals surface area contributed by atoms with Crippen molar-refractivity contribution in [2.45, 2.75) is 32.2 Å². The van der Waals surface area contributed by atoms with E-state index in [0.717, 1.165) is 24.9 Å². The van der Waals surface area contributed by atoms with E-state index in [-0.39, 0.29) is 30.9 Å². The lowest BCUT2D eigenvalue weighted by atomic mass is 10.0. The van der Waals surface area contributed by atoms with Gasteiger partial charge in [-0.3, -0.25) is 9.59 Å². The van der Waals surface area contributed by atoms with Crippen LogP contribution in [0.2, 0.25) is 5.02 Å². The molecule has 0 spiro atoms. The van der Waals surface area contributed by atoms with Crippen LogP contribution in [-0.2, 0) is 9.59 Å². The van der Waals surface area contributed by atoms with Crippen molar-refractivity contribution in [3.05, 3.63) is 29.3 Å². The molecule has 0 aromatic heterocycles. The Hall–Kier alpha value is -1.59.